The summed E-state index contributed by atoms with van der Waals surface area (Å²) >= 11 is 0. The van der Waals surface area contributed by atoms with E-state index in [1.165, 1.54) is 18.4 Å². The van der Waals surface area contributed by atoms with Crippen LogP contribution in [0, 0.1) is 11.7 Å². The molecule has 0 spiro atoms. The number of piperidine rings is 1. The summed E-state index contributed by atoms with van der Waals surface area (Å²) in [6.45, 7) is 3.20. The van der Waals surface area contributed by atoms with Crippen molar-refractivity contribution >= 4 is 5.97 Å². The molecule has 1 aliphatic rings. The molecular formula is C20H22F4N2O2. The second-order valence-electron chi connectivity index (χ2n) is 6.67. The molecule has 0 aliphatic carbocycles. The molecular weight excluding hydrogens is 376 g/mol. The van der Waals surface area contributed by atoms with Gasteiger partial charge in [-0.05, 0) is 68.1 Å². The second kappa shape index (κ2) is 10.2. The van der Waals surface area contributed by atoms with Gasteiger partial charge in [0.25, 0.3) is 0 Å². The van der Waals surface area contributed by atoms with Crippen molar-refractivity contribution < 1.29 is 27.5 Å². The average molecular weight is 398 g/mol. The minimum absolute atomic E-state index is 0.149. The van der Waals surface area contributed by atoms with Gasteiger partial charge in [-0.1, -0.05) is 18.2 Å². The Morgan fingerprint density at radius 1 is 1.11 bits per heavy atom. The lowest BCUT2D eigenvalue weighted by atomic mass is 9.90. The zero-order valence-corrected chi connectivity index (χ0v) is 15.2. The van der Waals surface area contributed by atoms with Crippen molar-refractivity contribution in [3.8, 4) is 0 Å². The zero-order valence-electron chi connectivity index (χ0n) is 15.2. The van der Waals surface area contributed by atoms with Gasteiger partial charge in [-0.15, -0.1) is 0 Å². The molecule has 4 nitrogen and oxygen atoms in total. The summed E-state index contributed by atoms with van der Waals surface area (Å²) < 4.78 is 44.6. The van der Waals surface area contributed by atoms with E-state index in [2.05, 4.69) is 16.0 Å². The first-order valence-corrected chi connectivity index (χ1v) is 8.91. The van der Waals surface area contributed by atoms with Gasteiger partial charge in [0.15, 0.2) is 0 Å². The third-order valence-corrected chi connectivity index (χ3v) is 4.50. The van der Waals surface area contributed by atoms with E-state index in [9.17, 15) is 17.6 Å². The maximum atomic E-state index is 12.9. The zero-order chi connectivity index (χ0) is 20.6. The Morgan fingerprint density at radius 3 is 2.21 bits per heavy atom. The first kappa shape index (κ1) is 21.8. The highest BCUT2D eigenvalue weighted by Gasteiger charge is 2.38. The Balaban J connectivity index is 0.000000345. The molecule has 3 rings (SSSR count). The van der Waals surface area contributed by atoms with Crippen molar-refractivity contribution in [1.29, 1.82) is 0 Å². The van der Waals surface area contributed by atoms with Gasteiger partial charge in [0.05, 0.1) is 5.69 Å². The quantitative estimate of drug-likeness (QED) is 0.780. The molecule has 1 aromatic carbocycles. The van der Waals surface area contributed by atoms with Crippen molar-refractivity contribution in [2.24, 2.45) is 5.92 Å². The number of carboxylic acid groups (broad SMARTS) is 1. The van der Waals surface area contributed by atoms with Gasteiger partial charge in [-0.2, -0.15) is 13.2 Å². The van der Waals surface area contributed by atoms with Crippen LogP contribution < -0.4 is 0 Å². The largest absolute Gasteiger partial charge is 0.490 e. The van der Waals surface area contributed by atoms with E-state index in [0.717, 1.165) is 37.7 Å². The number of aromatic nitrogens is 1. The minimum atomic E-state index is -5.08. The molecule has 1 aliphatic heterocycles. The van der Waals surface area contributed by atoms with Crippen LogP contribution in [0.1, 0.15) is 24.1 Å². The monoisotopic (exact) mass is 398 g/mol. The highest BCUT2D eigenvalue weighted by molar-refractivity contribution is 5.73. The standard InChI is InChI=1S/C18H21FN2.C2HF3O2/c19-17-6-4-15(5-7-17)13-16-8-11-21(12-9-16)14-18-3-1-2-10-20-18;3-2(4,5)1(6)7/h1-7,10,16H,8-9,11-14H2;(H,6,7). The second-order valence-corrected chi connectivity index (χ2v) is 6.67. The van der Waals surface area contributed by atoms with E-state index in [1.807, 2.05) is 30.5 Å². The lowest BCUT2D eigenvalue weighted by Gasteiger charge is -2.31. The van der Waals surface area contributed by atoms with Gasteiger partial charge >= 0.3 is 12.1 Å². The predicted octanol–water partition coefficient (Wildman–Crippen LogP) is 4.31. The van der Waals surface area contributed by atoms with Gasteiger partial charge in [-0.3, -0.25) is 9.88 Å². The van der Waals surface area contributed by atoms with E-state index in [0.29, 0.717) is 0 Å². The van der Waals surface area contributed by atoms with Crippen LogP contribution in [0.3, 0.4) is 0 Å². The van der Waals surface area contributed by atoms with Crippen LogP contribution in [0.4, 0.5) is 17.6 Å². The molecule has 0 saturated carbocycles. The minimum Gasteiger partial charge on any atom is -0.475 e. The van der Waals surface area contributed by atoms with Gasteiger partial charge < -0.3 is 5.11 Å². The van der Waals surface area contributed by atoms with E-state index >= 15 is 0 Å². The first-order valence-electron chi connectivity index (χ1n) is 8.91. The Kier molecular flexibility index (Phi) is 7.92. The summed E-state index contributed by atoms with van der Waals surface area (Å²) in [6, 6.07) is 13.0. The molecule has 28 heavy (non-hydrogen) atoms. The number of nitrogens with zero attached hydrogens (tertiary/aromatic N) is 2. The number of alkyl halides is 3. The van der Waals surface area contributed by atoms with Crippen molar-refractivity contribution in [3.05, 3.63) is 65.7 Å². The van der Waals surface area contributed by atoms with Crippen LogP contribution in [0.2, 0.25) is 0 Å². The van der Waals surface area contributed by atoms with Crippen molar-refractivity contribution in [2.75, 3.05) is 13.1 Å². The molecule has 1 aromatic heterocycles. The van der Waals surface area contributed by atoms with Gasteiger partial charge in [0, 0.05) is 12.7 Å². The highest BCUT2D eigenvalue weighted by Crippen LogP contribution is 2.22. The summed E-state index contributed by atoms with van der Waals surface area (Å²) in [4.78, 5) is 15.8. The van der Waals surface area contributed by atoms with Crippen molar-refractivity contribution in [1.82, 2.24) is 9.88 Å². The lowest BCUT2D eigenvalue weighted by Crippen LogP contribution is -2.34. The van der Waals surface area contributed by atoms with Crippen molar-refractivity contribution in [3.63, 3.8) is 0 Å². The maximum Gasteiger partial charge on any atom is 0.490 e. The van der Waals surface area contributed by atoms with Crippen LogP contribution in [0.25, 0.3) is 0 Å². The number of aliphatic carboxylic acids is 1. The molecule has 0 amide bonds. The molecule has 2 heterocycles. The summed E-state index contributed by atoms with van der Waals surface area (Å²) in [7, 11) is 0. The molecule has 0 unspecified atom stereocenters. The molecule has 1 fully saturated rings. The van der Waals surface area contributed by atoms with Gasteiger partial charge in [0.1, 0.15) is 5.82 Å². The average Bonchev–Trinajstić information content (AvgIpc) is 2.66. The number of hydrogen-bond acceptors (Lipinski definition) is 3. The van der Waals surface area contributed by atoms with E-state index in [4.69, 9.17) is 9.90 Å². The number of likely N-dealkylation sites (tertiary alicyclic amines) is 1. The molecule has 1 saturated heterocycles. The number of hydrogen-bond donors (Lipinski definition) is 1. The van der Waals surface area contributed by atoms with Crippen LogP contribution in [0.15, 0.2) is 48.7 Å². The van der Waals surface area contributed by atoms with Crippen LogP contribution >= 0.6 is 0 Å². The third kappa shape index (κ3) is 7.64. The molecule has 0 bridgehead atoms. The number of benzene rings is 1. The summed E-state index contributed by atoms with van der Waals surface area (Å²) in [6.07, 6.45) is 0.267. The number of carbonyl (C=O) groups is 1. The highest BCUT2D eigenvalue weighted by atomic mass is 19.4. The van der Waals surface area contributed by atoms with Gasteiger partial charge in [-0.25, -0.2) is 9.18 Å². The van der Waals surface area contributed by atoms with E-state index in [-0.39, 0.29) is 5.82 Å². The first-order chi connectivity index (χ1) is 13.2. The van der Waals surface area contributed by atoms with Crippen molar-refractivity contribution in [2.45, 2.75) is 32.0 Å². The fourth-order valence-electron chi connectivity index (χ4n) is 3.02. The molecule has 0 atom stereocenters. The molecule has 8 heteroatoms. The smallest absolute Gasteiger partial charge is 0.475 e. The normalized spacial score (nSPS) is 15.6. The fraction of sp³-hybridized carbons (Fsp3) is 0.400. The Bertz CT molecular complexity index is 728. The van der Waals surface area contributed by atoms with Crippen LogP contribution in [-0.4, -0.2) is 40.2 Å². The molecule has 1 N–H and O–H groups in total. The van der Waals surface area contributed by atoms with Gasteiger partial charge in [0.2, 0.25) is 0 Å². The van der Waals surface area contributed by atoms with Crippen LogP contribution in [0.5, 0.6) is 0 Å². The van der Waals surface area contributed by atoms with E-state index in [1.54, 1.807) is 12.1 Å². The summed E-state index contributed by atoms with van der Waals surface area (Å²) in [5.41, 5.74) is 2.40. The predicted molar refractivity (Wildman–Crippen MR) is 96.0 cm³/mol. The SMILES string of the molecule is Fc1ccc(CC2CCN(Cc3ccccn3)CC2)cc1.O=C(O)C(F)(F)F. The lowest BCUT2D eigenvalue weighted by molar-refractivity contribution is -0.192. The Morgan fingerprint density at radius 2 is 1.71 bits per heavy atom. The molecule has 152 valence electrons. The number of rotatable bonds is 4. The number of carboxylic acids is 1. The summed E-state index contributed by atoms with van der Waals surface area (Å²) in [5, 5.41) is 7.12. The maximum absolute atomic E-state index is 12.9. The Labute approximate surface area is 160 Å². The van der Waals surface area contributed by atoms with Crippen LogP contribution in [-0.2, 0) is 17.8 Å². The number of pyridine rings is 1. The summed E-state index contributed by atoms with van der Waals surface area (Å²) in [5.74, 6) is -2.19. The third-order valence-electron chi connectivity index (χ3n) is 4.50. The molecule has 0 radical (unpaired) electrons. The number of halogens is 4. The Hall–Kier alpha value is -2.48. The van der Waals surface area contributed by atoms with E-state index < -0.39 is 12.1 Å². The molecule has 2 aromatic rings. The fourth-order valence-corrected chi connectivity index (χ4v) is 3.02. The topological polar surface area (TPSA) is 53.4 Å².